The number of piperidine rings is 1. The maximum absolute atomic E-state index is 12.3. The highest BCUT2D eigenvalue weighted by Crippen LogP contribution is 2.12. The van der Waals surface area contributed by atoms with E-state index in [4.69, 9.17) is 0 Å². The maximum atomic E-state index is 12.3. The fourth-order valence-electron chi connectivity index (χ4n) is 2.68. The van der Waals surface area contributed by atoms with E-state index in [1.807, 2.05) is 4.90 Å². The normalized spacial score (nSPS) is 23.0. The van der Waals surface area contributed by atoms with Gasteiger partial charge in [0.2, 0.25) is 5.91 Å². The number of rotatable bonds is 1. The van der Waals surface area contributed by atoms with E-state index < -0.39 is 0 Å². The van der Waals surface area contributed by atoms with Crippen molar-refractivity contribution in [2.24, 2.45) is 0 Å². The second-order valence-electron chi connectivity index (χ2n) is 5.49. The van der Waals surface area contributed by atoms with Crippen LogP contribution in [-0.4, -0.2) is 79.5 Å². The smallest absolute Gasteiger partial charge is 0.319 e. The van der Waals surface area contributed by atoms with Crippen LogP contribution in [0.1, 0.15) is 19.3 Å². The van der Waals surface area contributed by atoms with E-state index in [0.29, 0.717) is 26.2 Å². The van der Waals surface area contributed by atoms with Crippen LogP contribution in [-0.2, 0) is 4.79 Å². The Hall–Kier alpha value is -1.01. The van der Waals surface area contributed by atoms with Crippen molar-refractivity contribution in [3.63, 3.8) is 0 Å². The highest BCUT2D eigenvalue weighted by atomic mass is 35.5. The average Bonchev–Trinajstić information content (AvgIpc) is 2.46. The molecular weight excluding hydrogens is 280 g/mol. The predicted molar refractivity (Wildman–Crippen MR) is 80.1 cm³/mol. The minimum atomic E-state index is -0.00940. The summed E-state index contributed by atoms with van der Waals surface area (Å²) in [6.45, 7) is 3.51. The number of piperazine rings is 1. The largest absolute Gasteiger partial charge is 0.338 e. The van der Waals surface area contributed by atoms with Crippen LogP contribution in [0.15, 0.2) is 0 Å². The lowest BCUT2D eigenvalue weighted by Gasteiger charge is -2.38. The molecule has 2 aliphatic rings. The van der Waals surface area contributed by atoms with Crippen molar-refractivity contribution in [3.8, 4) is 0 Å². The molecule has 2 fully saturated rings. The standard InChI is InChI=1S/C13H24N4O2.ClH/c1-15(2)13(19)17-9-7-16(8-10-17)12(18)11-5-3-4-6-14-11;/h11,14H,3-10H2,1-2H3;1H. The Bertz CT molecular complexity index is 337. The van der Waals surface area contributed by atoms with E-state index in [1.54, 1.807) is 23.9 Å². The molecule has 2 rings (SSSR count). The van der Waals surface area contributed by atoms with Crippen LogP contribution in [0.4, 0.5) is 4.79 Å². The molecule has 0 radical (unpaired) electrons. The number of amides is 3. The number of carbonyl (C=O) groups excluding carboxylic acids is 2. The molecule has 1 atom stereocenters. The summed E-state index contributed by atoms with van der Waals surface area (Å²) in [7, 11) is 3.51. The van der Waals surface area contributed by atoms with Crippen LogP contribution < -0.4 is 5.32 Å². The first-order chi connectivity index (χ1) is 9.09. The Kier molecular flexibility index (Phi) is 6.55. The lowest BCUT2D eigenvalue weighted by atomic mass is 10.0. The van der Waals surface area contributed by atoms with Gasteiger partial charge in [-0.25, -0.2) is 4.79 Å². The fraction of sp³-hybridized carbons (Fsp3) is 0.846. The van der Waals surface area contributed by atoms with Crippen molar-refractivity contribution in [1.82, 2.24) is 20.0 Å². The summed E-state index contributed by atoms with van der Waals surface area (Å²) in [5.41, 5.74) is 0. The second kappa shape index (κ2) is 7.69. The summed E-state index contributed by atoms with van der Waals surface area (Å²) in [5, 5.41) is 3.29. The Balaban J connectivity index is 0.00000200. The molecule has 0 aromatic rings. The molecule has 0 bridgehead atoms. The molecule has 20 heavy (non-hydrogen) atoms. The van der Waals surface area contributed by atoms with E-state index in [1.165, 1.54) is 0 Å². The topological polar surface area (TPSA) is 55.9 Å². The van der Waals surface area contributed by atoms with Gasteiger partial charge in [0.05, 0.1) is 6.04 Å². The highest BCUT2D eigenvalue weighted by Gasteiger charge is 2.29. The van der Waals surface area contributed by atoms with Crippen LogP contribution in [0.25, 0.3) is 0 Å². The number of nitrogens with one attached hydrogen (secondary N) is 1. The molecule has 0 aromatic heterocycles. The van der Waals surface area contributed by atoms with Crippen LogP contribution in [0, 0.1) is 0 Å². The zero-order valence-electron chi connectivity index (χ0n) is 12.3. The van der Waals surface area contributed by atoms with E-state index in [-0.39, 0.29) is 30.4 Å². The predicted octanol–water partition coefficient (Wildman–Crippen LogP) is 0.376. The molecule has 1 unspecified atom stereocenters. The summed E-state index contributed by atoms with van der Waals surface area (Å²) in [6.07, 6.45) is 3.23. The molecular formula is C13H25ClN4O2. The Morgan fingerprint density at radius 3 is 2.15 bits per heavy atom. The number of carbonyl (C=O) groups is 2. The first-order valence-electron chi connectivity index (χ1n) is 7.08. The minimum absolute atomic E-state index is 0. The average molecular weight is 305 g/mol. The van der Waals surface area contributed by atoms with Crippen molar-refractivity contribution in [1.29, 1.82) is 0 Å². The molecule has 3 amide bonds. The zero-order chi connectivity index (χ0) is 13.8. The molecule has 0 saturated carbocycles. The summed E-state index contributed by atoms with van der Waals surface area (Å²) >= 11 is 0. The van der Waals surface area contributed by atoms with E-state index in [2.05, 4.69) is 5.32 Å². The van der Waals surface area contributed by atoms with Gasteiger partial charge in [-0.15, -0.1) is 12.4 Å². The van der Waals surface area contributed by atoms with E-state index >= 15 is 0 Å². The van der Waals surface area contributed by atoms with Crippen LogP contribution in [0.3, 0.4) is 0 Å². The van der Waals surface area contributed by atoms with Gasteiger partial charge in [-0.1, -0.05) is 6.42 Å². The van der Waals surface area contributed by atoms with Crippen LogP contribution >= 0.6 is 12.4 Å². The third kappa shape index (κ3) is 3.99. The summed E-state index contributed by atoms with van der Waals surface area (Å²) in [5.74, 6) is 0.205. The van der Waals surface area contributed by atoms with Crippen molar-refractivity contribution in [2.75, 3.05) is 46.8 Å². The third-order valence-electron chi connectivity index (χ3n) is 3.85. The molecule has 0 aromatic carbocycles. The lowest BCUT2D eigenvalue weighted by molar-refractivity contribution is -0.135. The number of nitrogens with zero attached hydrogens (tertiary/aromatic N) is 3. The van der Waals surface area contributed by atoms with Gasteiger partial charge in [0.15, 0.2) is 0 Å². The van der Waals surface area contributed by atoms with Gasteiger partial charge >= 0.3 is 6.03 Å². The number of halogens is 1. The SMILES string of the molecule is CN(C)C(=O)N1CCN(C(=O)C2CCCCN2)CC1.Cl. The molecule has 116 valence electrons. The first-order valence-corrected chi connectivity index (χ1v) is 7.08. The highest BCUT2D eigenvalue weighted by molar-refractivity contribution is 5.85. The number of hydrogen-bond acceptors (Lipinski definition) is 3. The monoisotopic (exact) mass is 304 g/mol. The molecule has 0 aliphatic carbocycles. The molecule has 6 nitrogen and oxygen atoms in total. The van der Waals surface area contributed by atoms with Gasteiger partial charge < -0.3 is 20.0 Å². The Labute approximate surface area is 126 Å². The van der Waals surface area contributed by atoms with Crippen molar-refractivity contribution in [2.45, 2.75) is 25.3 Å². The first kappa shape index (κ1) is 17.0. The van der Waals surface area contributed by atoms with Crippen LogP contribution in [0.5, 0.6) is 0 Å². The molecule has 1 N–H and O–H groups in total. The van der Waals surface area contributed by atoms with E-state index in [0.717, 1.165) is 25.8 Å². The second-order valence-corrected chi connectivity index (χ2v) is 5.49. The molecule has 0 spiro atoms. The van der Waals surface area contributed by atoms with E-state index in [9.17, 15) is 9.59 Å². The fourth-order valence-corrected chi connectivity index (χ4v) is 2.68. The molecule has 2 saturated heterocycles. The molecule has 2 heterocycles. The molecule has 2 aliphatic heterocycles. The third-order valence-corrected chi connectivity index (χ3v) is 3.85. The number of urea groups is 1. The van der Waals surface area contributed by atoms with Gasteiger partial charge in [0.25, 0.3) is 0 Å². The Morgan fingerprint density at radius 2 is 1.65 bits per heavy atom. The van der Waals surface area contributed by atoms with Gasteiger partial charge in [0.1, 0.15) is 0 Å². The quantitative estimate of drug-likeness (QED) is 0.762. The summed E-state index contributed by atoms with van der Waals surface area (Å²) in [4.78, 5) is 29.4. The minimum Gasteiger partial charge on any atom is -0.338 e. The van der Waals surface area contributed by atoms with Crippen molar-refractivity contribution < 1.29 is 9.59 Å². The lowest BCUT2D eigenvalue weighted by Crippen LogP contribution is -2.57. The van der Waals surface area contributed by atoms with Crippen molar-refractivity contribution in [3.05, 3.63) is 0 Å². The summed E-state index contributed by atoms with van der Waals surface area (Å²) in [6, 6.07) is 0.0211. The summed E-state index contributed by atoms with van der Waals surface area (Å²) < 4.78 is 0. The van der Waals surface area contributed by atoms with Gasteiger partial charge in [-0.2, -0.15) is 0 Å². The Morgan fingerprint density at radius 1 is 1.05 bits per heavy atom. The van der Waals surface area contributed by atoms with Gasteiger partial charge in [-0.3, -0.25) is 4.79 Å². The van der Waals surface area contributed by atoms with Crippen LogP contribution in [0.2, 0.25) is 0 Å². The maximum Gasteiger partial charge on any atom is 0.319 e. The van der Waals surface area contributed by atoms with Gasteiger partial charge in [0, 0.05) is 40.3 Å². The number of hydrogen-bond donors (Lipinski definition) is 1. The molecule has 7 heteroatoms. The van der Waals surface area contributed by atoms with Gasteiger partial charge in [-0.05, 0) is 19.4 Å². The zero-order valence-corrected chi connectivity index (χ0v) is 13.1. The van der Waals surface area contributed by atoms with Crippen molar-refractivity contribution >= 4 is 24.3 Å².